The number of amides is 2. The molecule has 1 N–H and O–H groups in total. The van der Waals surface area contributed by atoms with Crippen molar-refractivity contribution < 1.29 is 22.8 Å². The molecule has 29 heavy (non-hydrogen) atoms. The lowest BCUT2D eigenvalue weighted by molar-refractivity contribution is -0.157. The van der Waals surface area contributed by atoms with E-state index in [1.807, 2.05) is 36.4 Å². The highest BCUT2D eigenvalue weighted by Gasteiger charge is 2.40. The summed E-state index contributed by atoms with van der Waals surface area (Å²) in [6.45, 7) is 1.32. The lowest BCUT2D eigenvalue weighted by Gasteiger charge is -2.18. The number of likely N-dealkylation sites (tertiary alicyclic amines) is 1. The van der Waals surface area contributed by atoms with Crippen LogP contribution in [0.2, 0.25) is 0 Å². The molecule has 1 aliphatic heterocycles. The van der Waals surface area contributed by atoms with Crippen molar-refractivity contribution in [3.63, 3.8) is 0 Å². The third-order valence-electron chi connectivity index (χ3n) is 5.31. The summed E-state index contributed by atoms with van der Waals surface area (Å²) >= 11 is 0. The first-order chi connectivity index (χ1) is 13.8. The summed E-state index contributed by atoms with van der Waals surface area (Å²) in [5, 5.41) is 4.81. The van der Waals surface area contributed by atoms with Crippen LogP contribution in [0.15, 0.2) is 42.5 Å². The topological polar surface area (TPSA) is 54.3 Å². The molecule has 0 spiro atoms. The Morgan fingerprint density at radius 2 is 1.86 bits per heavy atom. The number of anilines is 1. The van der Waals surface area contributed by atoms with Gasteiger partial charge in [0.1, 0.15) is 6.54 Å². The van der Waals surface area contributed by atoms with Crippen LogP contribution in [-0.2, 0) is 16.1 Å². The molecule has 2 amide bonds. The molecule has 5 nitrogen and oxygen atoms in total. The number of carbonyl (C=O) groups is 2. The predicted molar refractivity (Wildman–Crippen MR) is 104 cm³/mol. The molecule has 0 unspecified atom stereocenters. The minimum absolute atomic E-state index is 0.209. The van der Waals surface area contributed by atoms with Gasteiger partial charge in [0.2, 0.25) is 11.8 Å². The monoisotopic (exact) mass is 403 g/mol. The Bertz CT molecular complexity index is 1100. The van der Waals surface area contributed by atoms with Crippen LogP contribution in [0.25, 0.3) is 21.8 Å². The summed E-state index contributed by atoms with van der Waals surface area (Å²) in [4.78, 5) is 25.1. The van der Waals surface area contributed by atoms with E-state index in [2.05, 4.69) is 16.8 Å². The van der Waals surface area contributed by atoms with Crippen molar-refractivity contribution in [2.75, 3.05) is 18.4 Å². The highest BCUT2D eigenvalue weighted by molar-refractivity contribution is 6.10. The van der Waals surface area contributed by atoms with E-state index < -0.39 is 30.5 Å². The zero-order valence-electron chi connectivity index (χ0n) is 15.8. The zero-order chi connectivity index (χ0) is 20.8. The fourth-order valence-corrected chi connectivity index (χ4v) is 4.03. The van der Waals surface area contributed by atoms with E-state index in [0.29, 0.717) is 10.6 Å². The summed E-state index contributed by atoms with van der Waals surface area (Å²) < 4.78 is 39.9. The Labute approximate surface area is 165 Å². The molecule has 1 saturated heterocycles. The standard InChI is InChI=1S/C21H20F3N3O2/c1-2-27-17-6-4-3-5-15(17)16-10-14(7-8-18(16)27)25-20(29)13-9-19(28)26(11-13)12-21(22,23)24/h3-8,10,13H,2,9,11-12H2,1H3,(H,25,29)/t13-/m0/s1. The first kappa shape index (κ1) is 19.3. The number of aryl methyl sites for hydroxylation is 1. The highest BCUT2D eigenvalue weighted by atomic mass is 19.4. The summed E-state index contributed by atoms with van der Waals surface area (Å²) in [5.41, 5.74) is 2.69. The van der Waals surface area contributed by atoms with Gasteiger partial charge < -0.3 is 14.8 Å². The second-order valence-corrected chi connectivity index (χ2v) is 7.27. The minimum atomic E-state index is -4.47. The van der Waals surface area contributed by atoms with Crippen molar-refractivity contribution in [2.45, 2.75) is 26.1 Å². The molecular weight excluding hydrogens is 383 g/mol. The van der Waals surface area contributed by atoms with Crippen LogP contribution in [0.1, 0.15) is 13.3 Å². The molecule has 2 heterocycles. The fraction of sp³-hybridized carbons (Fsp3) is 0.333. The molecule has 1 aliphatic rings. The van der Waals surface area contributed by atoms with Crippen molar-refractivity contribution in [3.8, 4) is 0 Å². The van der Waals surface area contributed by atoms with Gasteiger partial charge in [0, 0.05) is 47.0 Å². The van der Waals surface area contributed by atoms with Gasteiger partial charge in [-0.3, -0.25) is 9.59 Å². The van der Waals surface area contributed by atoms with Crippen LogP contribution < -0.4 is 5.32 Å². The van der Waals surface area contributed by atoms with Crippen LogP contribution in [0.4, 0.5) is 18.9 Å². The van der Waals surface area contributed by atoms with Crippen molar-refractivity contribution in [3.05, 3.63) is 42.5 Å². The zero-order valence-corrected chi connectivity index (χ0v) is 15.8. The van der Waals surface area contributed by atoms with Gasteiger partial charge in [-0.25, -0.2) is 0 Å². The van der Waals surface area contributed by atoms with Crippen molar-refractivity contribution in [1.82, 2.24) is 9.47 Å². The van der Waals surface area contributed by atoms with Crippen LogP contribution in [0.3, 0.4) is 0 Å². The number of aromatic nitrogens is 1. The van der Waals surface area contributed by atoms with E-state index in [0.717, 1.165) is 28.4 Å². The van der Waals surface area contributed by atoms with E-state index in [1.54, 1.807) is 6.07 Å². The van der Waals surface area contributed by atoms with Crippen LogP contribution in [0.5, 0.6) is 0 Å². The van der Waals surface area contributed by atoms with Crippen LogP contribution in [-0.4, -0.2) is 40.5 Å². The number of nitrogens with zero attached hydrogens (tertiary/aromatic N) is 2. The lowest BCUT2D eigenvalue weighted by atomic mass is 10.1. The predicted octanol–water partition coefficient (Wildman–Crippen LogP) is 4.16. The lowest BCUT2D eigenvalue weighted by Crippen LogP contribution is -2.36. The summed E-state index contributed by atoms with van der Waals surface area (Å²) in [6.07, 6.45) is -4.68. The normalized spacial score (nSPS) is 17.4. The number of nitrogens with one attached hydrogen (secondary N) is 1. The molecule has 4 rings (SSSR count). The molecule has 1 fully saturated rings. The van der Waals surface area contributed by atoms with E-state index in [9.17, 15) is 22.8 Å². The molecule has 0 bridgehead atoms. The second-order valence-electron chi connectivity index (χ2n) is 7.27. The Kier molecular flexibility index (Phi) is 4.72. The van der Waals surface area contributed by atoms with Gasteiger partial charge >= 0.3 is 6.18 Å². The first-order valence-corrected chi connectivity index (χ1v) is 9.43. The van der Waals surface area contributed by atoms with Gasteiger partial charge in [0.05, 0.1) is 5.92 Å². The number of alkyl halides is 3. The maximum absolute atomic E-state index is 12.6. The largest absolute Gasteiger partial charge is 0.406 e. The molecule has 0 saturated carbocycles. The number of fused-ring (bicyclic) bond motifs is 3. The van der Waals surface area contributed by atoms with E-state index in [1.165, 1.54) is 0 Å². The average Bonchev–Trinajstić information content (AvgIpc) is 3.18. The quantitative estimate of drug-likeness (QED) is 0.711. The Morgan fingerprint density at radius 1 is 1.14 bits per heavy atom. The smallest absolute Gasteiger partial charge is 0.341 e. The summed E-state index contributed by atoms with van der Waals surface area (Å²) in [7, 11) is 0. The Hall–Kier alpha value is -3.03. The van der Waals surface area contributed by atoms with E-state index in [-0.39, 0.29) is 13.0 Å². The first-order valence-electron chi connectivity index (χ1n) is 9.43. The summed E-state index contributed by atoms with van der Waals surface area (Å²) in [6, 6.07) is 13.5. The molecule has 8 heteroatoms. The minimum Gasteiger partial charge on any atom is -0.341 e. The van der Waals surface area contributed by atoms with Gasteiger partial charge in [-0.1, -0.05) is 18.2 Å². The summed E-state index contributed by atoms with van der Waals surface area (Å²) in [5.74, 6) is -1.89. The third-order valence-corrected chi connectivity index (χ3v) is 5.31. The second kappa shape index (κ2) is 7.09. The fourth-order valence-electron chi connectivity index (χ4n) is 4.03. The Balaban J connectivity index is 1.56. The van der Waals surface area contributed by atoms with Crippen LogP contribution >= 0.6 is 0 Å². The molecule has 3 aromatic rings. The highest BCUT2D eigenvalue weighted by Crippen LogP contribution is 2.31. The third kappa shape index (κ3) is 3.66. The number of rotatable bonds is 4. The molecular formula is C21H20F3N3O2. The Morgan fingerprint density at radius 3 is 2.59 bits per heavy atom. The van der Waals surface area contributed by atoms with Crippen molar-refractivity contribution >= 4 is 39.3 Å². The van der Waals surface area contributed by atoms with Gasteiger partial charge in [-0.05, 0) is 31.2 Å². The number of halogens is 3. The van der Waals surface area contributed by atoms with Gasteiger partial charge in [-0.2, -0.15) is 13.2 Å². The molecule has 2 aromatic carbocycles. The molecule has 0 aliphatic carbocycles. The average molecular weight is 403 g/mol. The molecule has 0 radical (unpaired) electrons. The molecule has 152 valence electrons. The van der Waals surface area contributed by atoms with Gasteiger partial charge in [-0.15, -0.1) is 0 Å². The van der Waals surface area contributed by atoms with Gasteiger partial charge in [0.15, 0.2) is 0 Å². The number of hydrogen-bond donors (Lipinski definition) is 1. The van der Waals surface area contributed by atoms with Crippen molar-refractivity contribution in [2.24, 2.45) is 5.92 Å². The van der Waals surface area contributed by atoms with Gasteiger partial charge in [0.25, 0.3) is 0 Å². The van der Waals surface area contributed by atoms with Crippen LogP contribution in [0, 0.1) is 5.92 Å². The SMILES string of the molecule is CCn1c2ccccc2c2cc(NC(=O)[C@H]3CC(=O)N(CC(F)(F)F)C3)ccc21. The molecule has 1 atom stereocenters. The number of para-hydroxylation sites is 1. The maximum atomic E-state index is 12.6. The van der Waals surface area contributed by atoms with E-state index >= 15 is 0 Å². The maximum Gasteiger partial charge on any atom is 0.406 e. The number of carbonyl (C=O) groups excluding carboxylic acids is 2. The number of benzene rings is 2. The van der Waals surface area contributed by atoms with Crippen molar-refractivity contribution in [1.29, 1.82) is 0 Å². The molecule has 1 aromatic heterocycles. The number of hydrogen-bond acceptors (Lipinski definition) is 2. The van der Waals surface area contributed by atoms with E-state index in [4.69, 9.17) is 0 Å².